The smallest absolute Gasteiger partial charge is 0.337 e. The maximum Gasteiger partial charge on any atom is 0.337 e. The van der Waals surface area contributed by atoms with Crippen molar-refractivity contribution >= 4 is 46.8 Å². The number of nitrogens with one attached hydrogen (secondary N) is 1. The summed E-state index contributed by atoms with van der Waals surface area (Å²) in [5.74, 6) is -0.838. The molecule has 0 bridgehead atoms. The van der Waals surface area contributed by atoms with Crippen LogP contribution in [-0.4, -0.2) is 19.0 Å². The van der Waals surface area contributed by atoms with E-state index in [1.54, 1.807) is 6.07 Å². The number of carbonyl (C=O) groups excluding carboxylic acids is 2. The van der Waals surface area contributed by atoms with E-state index in [9.17, 15) is 14.9 Å². The molecule has 8 heteroatoms. The number of carbonyl (C=O) groups is 2. The van der Waals surface area contributed by atoms with E-state index in [0.29, 0.717) is 27.6 Å². The molecule has 0 radical (unpaired) electrons. The van der Waals surface area contributed by atoms with E-state index in [4.69, 9.17) is 27.9 Å². The molecule has 0 spiro atoms. The van der Waals surface area contributed by atoms with Gasteiger partial charge in [-0.1, -0.05) is 53.0 Å². The van der Waals surface area contributed by atoms with Crippen molar-refractivity contribution in [2.45, 2.75) is 13.5 Å². The highest BCUT2D eigenvalue weighted by molar-refractivity contribution is 6.36. The third-order valence-corrected chi connectivity index (χ3v) is 5.27. The number of nitrogens with zero attached hydrogens (tertiary/aromatic N) is 1. The summed E-state index contributed by atoms with van der Waals surface area (Å²) in [5, 5.41) is 12.8. The fourth-order valence-electron chi connectivity index (χ4n) is 2.99. The number of hydrogen-bond donors (Lipinski definition) is 1. The van der Waals surface area contributed by atoms with Crippen LogP contribution in [0.3, 0.4) is 0 Å². The Labute approximate surface area is 207 Å². The van der Waals surface area contributed by atoms with E-state index in [-0.39, 0.29) is 17.2 Å². The fourth-order valence-corrected chi connectivity index (χ4v) is 3.55. The average molecular weight is 495 g/mol. The van der Waals surface area contributed by atoms with Crippen LogP contribution in [-0.2, 0) is 16.1 Å². The van der Waals surface area contributed by atoms with Gasteiger partial charge in [0.05, 0.1) is 17.7 Å². The Morgan fingerprint density at radius 2 is 1.74 bits per heavy atom. The molecule has 0 saturated heterocycles. The summed E-state index contributed by atoms with van der Waals surface area (Å²) in [6, 6.07) is 18.9. The number of aryl methyl sites for hydroxylation is 1. The Kier molecular flexibility index (Phi) is 8.31. The van der Waals surface area contributed by atoms with Gasteiger partial charge in [0, 0.05) is 16.3 Å². The van der Waals surface area contributed by atoms with Gasteiger partial charge in [0.25, 0.3) is 5.91 Å². The molecule has 172 valence electrons. The average Bonchev–Trinajstić information content (AvgIpc) is 2.82. The first-order valence-electron chi connectivity index (χ1n) is 10.1. The van der Waals surface area contributed by atoms with E-state index >= 15 is 0 Å². The van der Waals surface area contributed by atoms with Gasteiger partial charge in [0.1, 0.15) is 24.0 Å². The first-order valence-corrected chi connectivity index (χ1v) is 10.8. The van der Waals surface area contributed by atoms with E-state index in [0.717, 1.165) is 11.1 Å². The Hall–Kier alpha value is -3.79. The Bertz CT molecular complexity index is 1280. The molecule has 0 saturated carbocycles. The van der Waals surface area contributed by atoms with Crippen molar-refractivity contribution in [2.24, 2.45) is 0 Å². The molecule has 34 heavy (non-hydrogen) atoms. The zero-order valence-electron chi connectivity index (χ0n) is 18.4. The van der Waals surface area contributed by atoms with E-state index < -0.39 is 11.9 Å². The van der Waals surface area contributed by atoms with Gasteiger partial charge < -0.3 is 14.8 Å². The largest absolute Gasteiger partial charge is 0.487 e. The van der Waals surface area contributed by atoms with Crippen LogP contribution in [0.5, 0.6) is 5.75 Å². The highest BCUT2D eigenvalue weighted by atomic mass is 35.5. The zero-order valence-corrected chi connectivity index (χ0v) is 19.9. The molecule has 0 aromatic heterocycles. The molecular formula is C26H20Cl2N2O4. The van der Waals surface area contributed by atoms with Crippen LogP contribution < -0.4 is 10.1 Å². The number of nitriles is 1. The second-order valence-electron chi connectivity index (χ2n) is 7.27. The molecule has 0 atom stereocenters. The topological polar surface area (TPSA) is 88.4 Å². The Balaban J connectivity index is 1.84. The van der Waals surface area contributed by atoms with Crippen LogP contribution in [0.2, 0.25) is 10.0 Å². The molecule has 3 aromatic carbocycles. The van der Waals surface area contributed by atoms with Crippen LogP contribution in [0, 0.1) is 18.3 Å². The SMILES string of the molecule is COC(=O)c1ccc(NC(=O)/C(C#N)=C/c2cc(Cl)cc(Cl)c2OCc2ccc(C)cc2)cc1. The quantitative estimate of drug-likeness (QED) is 0.239. The molecule has 0 heterocycles. The molecule has 0 fully saturated rings. The van der Waals surface area contributed by atoms with Gasteiger partial charge in [0.2, 0.25) is 0 Å². The molecule has 0 aliphatic heterocycles. The maximum absolute atomic E-state index is 12.7. The summed E-state index contributed by atoms with van der Waals surface area (Å²) >= 11 is 12.5. The highest BCUT2D eigenvalue weighted by Crippen LogP contribution is 2.34. The lowest BCUT2D eigenvalue weighted by atomic mass is 10.1. The normalized spacial score (nSPS) is 10.9. The van der Waals surface area contributed by atoms with Gasteiger partial charge in [0.15, 0.2) is 0 Å². The zero-order chi connectivity index (χ0) is 24.7. The number of amides is 1. The lowest BCUT2D eigenvalue weighted by Crippen LogP contribution is -2.13. The standard InChI is InChI=1S/C26H20Cl2N2O4/c1-16-3-5-17(6-4-16)15-34-24-19(12-21(27)13-23(24)28)11-20(14-29)25(31)30-22-9-7-18(8-10-22)26(32)33-2/h3-13H,15H2,1-2H3,(H,30,31)/b20-11+. The van der Waals surface area contributed by atoms with Crippen LogP contribution in [0.1, 0.15) is 27.0 Å². The number of esters is 1. The Morgan fingerprint density at radius 3 is 2.35 bits per heavy atom. The number of benzene rings is 3. The minimum atomic E-state index is -0.645. The van der Waals surface area contributed by atoms with Crippen molar-refractivity contribution < 1.29 is 19.1 Å². The lowest BCUT2D eigenvalue weighted by Gasteiger charge is -2.13. The predicted octanol–water partition coefficient (Wildman–Crippen LogP) is 6.21. The minimum Gasteiger partial charge on any atom is -0.487 e. The Morgan fingerprint density at radius 1 is 1.06 bits per heavy atom. The number of ether oxygens (including phenoxy) is 2. The minimum absolute atomic E-state index is 0.185. The predicted molar refractivity (Wildman–Crippen MR) is 132 cm³/mol. The molecule has 6 nitrogen and oxygen atoms in total. The van der Waals surface area contributed by atoms with Crippen molar-refractivity contribution in [1.29, 1.82) is 5.26 Å². The molecule has 3 rings (SSSR count). The summed E-state index contributed by atoms with van der Waals surface area (Å²) in [7, 11) is 1.28. The summed E-state index contributed by atoms with van der Waals surface area (Å²) in [4.78, 5) is 24.3. The van der Waals surface area contributed by atoms with E-state index in [1.807, 2.05) is 37.3 Å². The van der Waals surface area contributed by atoms with Crippen molar-refractivity contribution in [3.8, 4) is 11.8 Å². The molecule has 3 aromatic rings. The van der Waals surface area contributed by atoms with E-state index in [2.05, 4.69) is 10.1 Å². The van der Waals surface area contributed by atoms with Crippen molar-refractivity contribution in [1.82, 2.24) is 0 Å². The van der Waals surface area contributed by atoms with Crippen molar-refractivity contribution in [3.05, 3.63) is 98.5 Å². The third kappa shape index (κ3) is 6.38. The summed E-state index contributed by atoms with van der Waals surface area (Å²) < 4.78 is 10.6. The monoisotopic (exact) mass is 494 g/mol. The number of halogens is 2. The van der Waals surface area contributed by atoms with Crippen molar-refractivity contribution in [3.63, 3.8) is 0 Å². The van der Waals surface area contributed by atoms with E-state index in [1.165, 1.54) is 43.5 Å². The number of rotatable bonds is 7. The number of methoxy groups -OCH3 is 1. The van der Waals surface area contributed by atoms with Gasteiger partial charge in [-0.25, -0.2) is 4.79 Å². The second-order valence-corrected chi connectivity index (χ2v) is 8.12. The van der Waals surface area contributed by atoms with Crippen LogP contribution in [0.25, 0.3) is 6.08 Å². The molecule has 0 unspecified atom stereocenters. The molecule has 1 amide bonds. The highest BCUT2D eigenvalue weighted by Gasteiger charge is 2.15. The summed E-state index contributed by atoms with van der Waals surface area (Å²) in [5.41, 5.74) is 2.99. The summed E-state index contributed by atoms with van der Waals surface area (Å²) in [6.45, 7) is 2.23. The third-order valence-electron chi connectivity index (χ3n) is 4.77. The van der Waals surface area contributed by atoms with Crippen molar-refractivity contribution in [2.75, 3.05) is 12.4 Å². The fraction of sp³-hybridized carbons (Fsp3) is 0.115. The second kappa shape index (κ2) is 11.4. The maximum atomic E-state index is 12.7. The first-order chi connectivity index (χ1) is 16.3. The molecule has 0 aliphatic carbocycles. The van der Waals surface area contributed by atoms with Crippen LogP contribution in [0.15, 0.2) is 66.2 Å². The molecular weight excluding hydrogens is 475 g/mol. The lowest BCUT2D eigenvalue weighted by molar-refractivity contribution is -0.112. The van der Waals surface area contributed by atoms with Gasteiger partial charge >= 0.3 is 5.97 Å². The van der Waals surface area contributed by atoms with Crippen LogP contribution in [0.4, 0.5) is 5.69 Å². The molecule has 0 aliphatic rings. The van der Waals surface area contributed by atoms with Gasteiger partial charge in [-0.05, 0) is 55.0 Å². The van der Waals surface area contributed by atoms with Gasteiger partial charge in [-0.15, -0.1) is 0 Å². The number of anilines is 1. The number of hydrogen-bond acceptors (Lipinski definition) is 5. The summed E-state index contributed by atoms with van der Waals surface area (Å²) in [6.07, 6.45) is 1.36. The van der Waals surface area contributed by atoms with Crippen LogP contribution >= 0.6 is 23.2 Å². The molecule has 1 N–H and O–H groups in total. The van der Waals surface area contributed by atoms with Gasteiger partial charge in [-0.2, -0.15) is 5.26 Å². The van der Waals surface area contributed by atoms with Gasteiger partial charge in [-0.3, -0.25) is 4.79 Å². The first kappa shape index (κ1) is 24.8.